The van der Waals surface area contributed by atoms with E-state index in [-0.39, 0.29) is 5.91 Å². The zero-order valence-electron chi connectivity index (χ0n) is 20.8. The molecule has 37 heavy (non-hydrogen) atoms. The van der Waals surface area contributed by atoms with Gasteiger partial charge in [0.2, 0.25) is 5.91 Å². The Bertz CT molecular complexity index is 1690. The Balaban J connectivity index is 1.36. The van der Waals surface area contributed by atoms with Crippen LogP contribution < -0.4 is 5.43 Å². The molecule has 182 valence electrons. The highest BCUT2D eigenvalue weighted by Crippen LogP contribution is 2.34. The van der Waals surface area contributed by atoms with Crippen molar-refractivity contribution in [2.45, 2.75) is 32.7 Å². The topological polar surface area (TPSA) is 57.1 Å². The summed E-state index contributed by atoms with van der Waals surface area (Å²) in [5.41, 5.74) is 7.01. The number of hydrazone groups is 2. The molecule has 0 fully saturated rings. The summed E-state index contributed by atoms with van der Waals surface area (Å²) in [5, 5.41) is 17.9. The van der Waals surface area contributed by atoms with Gasteiger partial charge in [-0.15, -0.1) is 0 Å². The average Bonchev–Trinajstić information content (AvgIpc) is 2.94. The molecule has 6 rings (SSSR count). The molecule has 1 heterocycles. The van der Waals surface area contributed by atoms with Crippen molar-refractivity contribution < 1.29 is 4.79 Å². The Hall–Kier alpha value is -4.51. The number of hydrogen-bond donors (Lipinski definition) is 1. The van der Waals surface area contributed by atoms with Crippen LogP contribution in [0.4, 0.5) is 5.69 Å². The van der Waals surface area contributed by atoms with Crippen molar-refractivity contribution in [2.24, 2.45) is 10.2 Å². The lowest BCUT2D eigenvalue weighted by atomic mass is 9.94. The summed E-state index contributed by atoms with van der Waals surface area (Å²) in [6.45, 7) is 2.49. The zero-order chi connectivity index (χ0) is 25.2. The van der Waals surface area contributed by atoms with Crippen LogP contribution in [0, 0.1) is 0 Å². The fourth-order valence-corrected chi connectivity index (χ4v) is 5.13. The van der Waals surface area contributed by atoms with E-state index in [0.717, 1.165) is 28.9 Å². The molecule has 0 radical (unpaired) electrons. The summed E-state index contributed by atoms with van der Waals surface area (Å²) in [7, 11) is 0. The van der Waals surface area contributed by atoms with E-state index >= 15 is 0 Å². The summed E-state index contributed by atoms with van der Waals surface area (Å²) in [5.74, 6) is 0.0543. The number of rotatable bonds is 6. The van der Waals surface area contributed by atoms with Gasteiger partial charge in [0.15, 0.2) is 0 Å². The number of amides is 1. The molecule has 5 aromatic carbocycles. The van der Waals surface area contributed by atoms with Gasteiger partial charge < -0.3 is 0 Å². The predicted octanol–water partition coefficient (Wildman–Crippen LogP) is 7.48. The molecule has 1 amide bonds. The minimum absolute atomic E-state index is 0.0543. The Morgan fingerprint density at radius 2 is 1.62 bits per heavy atom. The van der Waals surface area contributed by atoms with E-state index in [1.807, 2.05) is 37.4 Å². The van der Waals surface area contributed by atoms with E-state index in [1.54, 1.807) is 5.01 Å². The summed E-state index contributed by atoms with van der Waals surface area (Å²) in [6.07, 6.45) is 3.81. The van der Waals surface area contributed by atoms with Crippen molar-refractivity contribution in [3.8, 4) is 0 Å². The second kappa shape index (κ2) is 9.86. The van der Waals surface area contributed by atoms with Crippen LogP contribution in [-0.2, 0) is 11.3 Å². The molecule has 0 saturated heterocycles. The second-order valence-corrected chi connectivity index (χ2v) is 9.37. The lowest BCUT2D eigenvalue weighted by molar-refractivity contribution is -0.132. The molecule has 1 aliphatic rings. The number of benzene rings is 5. The number of carbonyl (C=O) groups is 1. The summed E-state index contributed by atoms with van der Waals surface area (Å²) in [4.78, 5) is 12.9. The van der Waals surface area contributed by atoms with E-state index in [1.165, 1.54) is 32.3 Å². The third-order valence-electron chi connectivity index (χ3n) is 6.96. The molecule has 1 aliphatic heterocycles. The lowest BCUT2D eigenvalue weighted by Gasteiger charge is -2.24. The smallest absolute Gasteiger partial charge is 0.243 e. The van der Waals surface area contributed by atoms with Crippen LogP contribution in [0.15, 0.2) is 101 Å². The molecule has 0 aromatic heterocycles. The van der Waals surface area contributed by atoms with E-state index in [9.17, 15) is 4.79 Å². The fraction of sp³-hybridized carbons (Fsp3) is 0.156. The summed E-state index contributed by atoms with van der Waals surface area (Å²) < 4.78 is 0. The first-order valence-corrected chi connectivity index (χ1v) is 12.8. The normalized spacial score (nSPS) is 14.1. The third-order valence-corrected chi connectivity index (χ3v) is 6.96. The van der Waals surface area contributed by atoms with Gasteiger partial charge >= 0.3 is 0 Å². The number of carbonyl (C=O) groups excluding carboxylic acids is 1. The van der Waals surface area contributed by atoms with Crippen molar-refractivity contribution in [1.29, 1.82) is 0 Å². The molecule has 0 atom stereocenters. The van der Waals surface area contributed by atoms with Gasteiger partial charge in [-0.1, -0.05) is 85.8 Å². The number of nitrogens with zero attached hydrogens (tertiary/aromatic N) is 3. The molecular weight excluding hydrogens is 456 g/mol. The van der Waals surface area contributed by atoms with Crippen LogP contribution in [0.25, 0.3) is 32.3 Å². The van der Waals surface area contributed by atoms with Gasteiger partial charge in [0.1, 0.15) is 0 Å². The molecule has 1 N–H and O–H groups in total. The van der Waals surface area contributed by atoms with Crippen LogP contribution in [-0.4, -0.2) is 22.8 Å². The van der Waals surface area contributed by atoms with Gasteiger partial charge in [-0.05, 0) is 62.0 Å². The lowest BCUT2D eigenvalue weighted by Crippen LogP contribution is -2.31. The largest absolute Gasteiger partial charge is 0.279 e. The van der Waals surface area contributed by atoms with Crippen molar-refractivity contribution in [3.05, 3.63) is 102 Å². The maximum absolute atomic E-state index is 12.9. The third kappa shape index (κ3) is 4.45. The zero-order valence-corrected chi connectivity index (χ0v) is 20.8. The maximum atomic E-state index is 12.9. The van der Waals surface area contributed by atoms with Gasteiger partial charge in [-0.2, -0.15) is 10.2 Å². The first-order valence-electron chi connectivity index (χ1n) is 12.8. The number of nitrogens with one attached hydrogen (secondary N) is 1. The molecule has 5 heteroatoms. The molecule has 0 bridgehead atoms. The minimum Gasteiger partial charge on any atom is -0.279 e. The van der Waals surface area contributed by atoms with Crippen LogP contribution in [0.1, 0.15) is 37.3 Å². The quantitative estimate of drug-likeness (QED) is 0.154. The van der Waals surface area contributed by atoms with E-state index in [0.29, 0.717) is 19.4 Å². The molecule has 0 saturated carbocycles. The fourth-order valence-electron chi connectivity index (χ4n) is 5.13. The second-order valence-electron chi connectivity index (χ2n) is 9.37. The van der Waals surface area contributed by atoms with Crippen LogP contribution in [0.3, 0.4) is 0 Å². The number of hydrogen-bond acceptors (Lipinski definition) is 4. The molecule has 0 unspecified atom stereocenters. The molecular formula is C32H28N4O. The number of fused-ring (bicyclic) bond motifs is 5. The standard InChI is InChI=1S/C32H28N4O/c1-2-20-33-34-26-14-10-23(11-15-26)30-18-19-31(37)36(35-30)21-25-8-5-7-24-13-16-28-27-9-4-3-6-22(27)12-17-29(28)32(24)25/h3-17,20,34H,2,18-19,21H2,1H3. The van der Waals surface area contributed by atoms with E-state index in [2.05, 4.69) is 77.3 Å². The number of anilines is 1. The van der Waals surface area contributed by atoms with Crippen molar-refractivity contribution in [1.82, 2.24) is 5.01 Å². The SMILES string of the molecule is CCC=NNc1ccc(C2=NN(Cc3cccc4ccc5c6ccccc6ccc5c34)C(=O)CC2)cc1. The monoisotopic (exact) mass is 484 g/mol. The van der Waals surface area contributed by atoms with Crippen LogP contribution >= 0.6 is 0 Å². The molecule has 5 aromatic rings. The van der Waals surface area contributed by atoms with E-state index in [4.69, 9.17) is 5.10 Å². The van der Waals surface area contributed by atoms with Crippen molar-refractivity contribution in [2.75, 3.05) is 5.43 Å². The average molecular weight is 485 g/mol. The highest BCUT2D eigenvalue weighted by Gasteiger charge is 2.22. The van der Waals surface area contributed by atoms with Gasteiger partial charge in [-0.3, -0.25) is 10.2 Å². The Morgan fingerprint density at radius 3 is 2.49 bits per heavy atom. The molecule has 0 aliphatic carbocycles. The Morgan fingerprint density at radius 1 is 0.838 bits per heavy atom. The van der Waals surface area contributed by atoms with Crippen LogP contribution in [0.5, 0.6) is 0 Å². The van der Waals surface area contributed by atoms with Gasteiger partial charge in [0.25, 0.3) is 0 Å². The predicted molar refractivity (Wildman–Crippen MR) is 154 cm³/mol. The Kier molecular flexibility index (Phi) is 6.11. The van der Waals surface area contributed by atoms with Gasteiger partial charge in [0.05, 0.1) is 17.9 Å². The van der Waals surface area contributed by atoms with Crippen molar-refractivity contribution in [3.63, 3.8) is 0 Å². The Labute approximate surface area is 216 Å². The first-order chi connectivity index (χ1) is 18.2. The summed E-state index contributed by atoms with van der Waals surface area (Å²) >= 11 is 0. The van der Waals surface area contributed by atoms with E-state index < -0.39 is 0 Å². The minimum atomic E-state index is 0.0543. The molecule has 0 spiro atoms. The highest BCUT2D eigenvalue weighted by atomic mass is 16.2. The van der Waals surface area contributed by atoms with Gasteiger partial charge in [-0.25, -0.2) is 5.01 Å². The van der Waals surface area contributed by atoms with Gasteiger partial charge in [0, 0.05) is 19.1 Å². The van der Waals surface area contributed by atoms with Crippen LogP contribution in [0.2, 0.25) is 0 Å². The van der Waals surface area contributed by atoms with Crippen molar-refractivity contribution >= 4 is 55.8 Å². The maximum Gasteiger partial charge on any atom is 0.243 e. The first kappa shape index (κ1) is 22.9. The molecule has 5 nitrogen and oxygen atoms in total. The highest BCUT2D eigenvalue weighted by molar-refractivity contribution is 6.18. The summed E-state index contributed by atoms with van der Waals surface area (Å²) in [6, 6.07) is 31.6.